The van der Waals surface area contributed by atoms with Crippen molar-refractivity contribution >= 4 is 27.7 Å². The molecule has 0 atom stereocenters. The Hall–Kier alpha value is -1.27. The van der Waals surface area contributed by atoms with E-state index in [4.69, 9.17) is 10.5 Å². The molecule has 1 heterocycles. The molecule has 1 aliphatic heterocycles. The maximum atomic E-state index is 12.1. The van der Waals surface area contributed by atoms with Gasteiger partial charge in [0.05, 0.1) is 5.69 Å². The van der Waals surface area contributed by atoms with Crippen LogP contribution in [-0.2, 0) is 11.3 Å². The van der Waals surface area contributed by atoms with Gasteiger partial charge < -0.3 is 20.3 Å². The molecule has 2 rings (SSSR count). The largest absolute Gasteiger partial charge is 0.444 e. The molecule has 0 spiro atoms. The van der Waals surface area contributed by atoms with Crippen LogP contribution in [0.3, 0.4) is 0 Å². The number of nitrogens with two attached hydrogens (primary N) is 1. The highest BCUT2D eigenvalue weighted by Crippen LogP contribution is 2.28. The molecule has 0 bridgehead atoms. The number of anilines is 1. The van der Waals surface area contributed by atoms with Gasteiger partial charge in [0.1, 0.15) is 5.60 Å². The Morgan fingerprint density at radius 1 is 1.27 bits per heavy atom. The Bertz CT molecular complexity index is 535. The maximum absolute atomic E-state index is 12.1. The third-order valence-electron chi connectivity index (χ3n) is 3.52. The third-order valence-corrected chi connectivity index (χ3v) is 4.16. The topological polar surface area (TPSA) is 58.8 Å². The zero-order chi connectivity index (χ0) is 16.3. The standard InChI is InChI=1S/C16H24BrN3O2/c1-16(2,3)22-15(21)20-8-6-19(7-9-20)14-5-4-12(11-18)10-13(14)17/h4-5,10H,6-9,11,18H2,1-3H3. The number of hydrogen-bond acceptors (Lipinski definition) is 4. The van der Waals surface area contributed by atoms with Gasteiger partial charge in [-0.05, 0) is 54.4 Å². The van der Waals surface area contributed by atoms with Crippen LogP contribution in [0.15, 0.2) is 22.7 Å². The molecule has 2 N–H and O–H groups in total. The average molecular weight is 370 g/mol. The second-order valence-corrected chi connectivity index (χ2v) is 7.30. The average Bonchev–Trinajstić information content (AvgIpc) is 2.45. The van der Waals surface area contributed by atoms with Crippen molar-refractivity contribution in [2.45, 2.75) is 32.9 Å². The second-order valence-electron chi connectivity index (χ2n) is 6.44. The Morgan fingerprint density at radius 3 is 2.41 bits per heavy atom. The van der Waals surface area contributed by atoms with Gasteiger partial charge in [-0.1, -0.05) is 6.07 Å². The minimum atomic E-state index is -0.449. The van der Waals surface area contributed by atoms with E-state index in [0.717, 1.165) is 28.8 Å². The number of ether oxygens (including phenoxy) is 1. The number of carbonyl (C=O) groups excluding carboxylic acids is 1. The number of halogens is 1. The van der Waals surface area contributed by atoms with Crippen molar-refractivity contribution in [3.8, 4) is 0 Å². The lowest BCUT2D eigenvalue weighted by Gasteiger charge is -2.37. The summed E-state index contributed by atoms with van der Waals surface area (Å²) in [5.41, 5.74) is 7.45. The first-order chi connectivity index (χ1) is 10.3. The molecule has 0 saturated carbocycles. The van der Waals surface area contributed by atoms with Crippen molar-refractivity contribution in [3.63, 3.8) is 0 Å². The van der Waals surface area contributed by atoms with E-state index in [0.29, 0.717) is 19.6 Å². The summed E-state index contributed by atoms with van der Waals surface area (Å²) in [6.45, 7) is 9.11. The Morgan fingerprint density at radius 2 is 1.91 bits per heavy atom. The van der Waals surface area contributed by atoms with Gasteiger partial charge in [-0.25, -0.2) is 4.79 Å². The van der Waals surface area contributed by atoms with Crippen LogP contribution in [-0.4, -0.2) is 42.8 Å². The molecule has 1 amide bonds. The fourth-order valence-corrected chi connectivity index (χ4v) is 3.07. The van der Waals surface area contributed by atoms with Crippen LogP contribution in [0.2, 0.25) is 0 Å². The zero-order valence-electron chi connectivity index (χ0n) is 13.4. The summed E-state index contributed by atoms with van der Waals surface area (Å²) in [4.78, 5) is 16.1. The molecule has 122 valence electrons. The van der Waals surface area contributed by atoms with Crippen molar-refractivity contribution in [1.29, 1.82) is 0 Å². The first kappa shape index (κ1) is 17.1. The molecular weight excluding hydrogens is 346 g/mol. The minimum Gasteiger partial charge on any atom is -0.444 e. The molecule has 1 aromatic rings. The van der Waals surface area contributed by atoms with E-state index in [1.807, 2.05) is 26.8 Å². The summed E-state index contributed by atoms with van der Waals surface area (Å²) >= 11 is 3.60. The molecule has 1 aliphatic rings. The molecular formula is C16H24BrN3O2. The highest BCUT2D eigenvalue weighted by molar-refractivity contribution is 9.10. The van der Waals surface area contributed by atoms with Crippen LogP contribution in [0.25, 0.3) is 0 Å². The van der Waals surface area contributed by atoms with Gasteiger partial charge in [-0.15, -0.1) is 0 Å². The van der Waals surface area contributed by atoms with E-state index >= 15 is 0 Å². The molecule has 5 nitrogen and oxygen atoms in total. The van der Waals surface area contributed by atoms with E-state index < -0.39 is 5.60 Å². The number of nitrogens with zero attached hydrogens (tertiary/aromatic N) is 2. The van der Waals surface area contributed by atoms with Crippen molar-refractivity contribution in [2.75, 3.05) is 31.1 Å². The van der Waals surface area contributed by atoms with Crippen LogP contribution < -0.4 is 10.6 Å². The predicted octanol–water partition coefficient (Wildman–Crippen LogP) is 2.96. The van der Waals surface area contributed by atoms with E-state index in [-0.39, 0.29) is 6.09 Å². The van der Waals surface area contributed by atoms with Crippen molar-refractivity contribution in [2.24, 2.45) is 5.73 Å². The van der Waals surface area contributed by atoms with Gasteiger partial charge in [-0.2, -0.15) is 0 Å². The Labute approximate surface area is 140 Å². The second kappa shape index (κ2) is 6.87. The first-order valence-electron chi connectivity index (χ1n) is 7.51. The van der Waals surface area contributed by atoms with E-state index in [9.17, 15) is 4.79 Å². The van der Waals surface area contributed by atoms with E-state index in [2.05, 4.69) is 33.0 Å². The number of carbonyl (C=O) groups is 1. The zero-order valence-corrected chi connectivity index (χ0v) is 15.0. The van der Waals surface area contributed by atoms with Crippen molar-refractivity contribution in [3.05, 3.63) is 28.2 Å². The number of hydrogen-bond donors (Lipinski definition) is 1. The summed E-state index contributed by atoms with van der Waals surface area (Å²) in [6, 6.07) is 6.17. The minimum absolute atomic E-state index is 0.232. The SMILES string of the molecule is CC(C)(C)OC(=O)N1CCN(c2ccc(CN)cc2Br)CC1. The number of rotatable bonds is 2. The number of piperazine rings is 1. The molecule has 0 radical (unpaired) electrons. The van der Waals surface area contributed by atoms with Gasteiger partial charge in [0, 0.05) is 37.2 Å². The van der Waals surface area contributed by atoms with Crippen molar-refractivity contribution < 1.29 is 9.53 Å². The quantitative estimate of drug-likeness (QED) is 0.870. The fraction of sp³-hybridized carbons (Fsp3) is 0.562. The van der Waals surface area contributed by atoms with Gasteiger partial charge in [0.15, 0.2) is 0 Å². The van der Waals surface area contributed by atoms with Gasteiger partial charge in [0.25, 0.3) is 0 Å². The first-order valence-corrected chi connectivity index (χ1v) is 8.31. The highest BCUT2D eigenvalue weighted by atomic mass is 79.9. The number of benzene rings is 1. The van der Waals surface area contributed by atoms with Crippen LogP contribution in [0.1, 0.15) is 26.3 Å². The van der Waals surface area contributed by atoms with Crippen LogP contribution >= 0.6 is 15.9 Å². The van der Waals surface area contributed by atoms with Crippen LogP contribution in [0.4, 0.5) is 10.5 Å². The summed E-state index contributed by atoms with van der Waals surface area (Å²) in [5.74, 6) is 0. The molecule has 6 heteroatoms. The van der Waals surface area contributed by atoms with Crippen molar-refractivity contribution in [1.82, 2.24) is 4.90 Å². The monoisotopic (exact) mass is 369 g/mol. The molecule has 0 aromatic heterocycles. The summed E-state index contributed by atoms with van der Waals surface area (Å²) in [7, 11) is 0. The highest BCUT2D eigenvalue weighted by Gasteiger charge is 2.26. The van der Waals surface area contributed by atoms with Gasteiger partial charge in [0.2, 0.25) is 0 Å². The van der Waals surface area contributed by atoms with Crippen LogP contribution in [0.5, 0.6) is 0 Å². The van der Waals surface area contributed by atoms with E-state index in [1.54, 1.807) is 4.90 Å². The Kier molecular flexibility index (Phi) is 5.34. The molecule has 1 saturated heterocycles. The summed E-state index contributed by atoms with van der Waals surface area (Å²) in [5, 5.41) is 0. The van der Waals surface area contributed by atoms with E-state index in [1.165, 1.54) is 0 Å². The lowest BCUT2D eigenvalue weighted by molar-refractivity contribution is 0.0240. The molecule has 1 fully saturated rings. The summed E-state index contributed by atoms with van der Waals surface area (Å²) < 4.78 is 6.46. The predicted molar refractivity (Wildman–Crippen MR) is 92.1 cm³/mol. The smallest absolute Gasteiger partial charge is 0.410 e. The maximum Gasteiger partial charge on any atom is 0.410 e. The fourth-order valence-electron chi connectivity index (χ4n) is 2.39. The lowest BCUT2D eigenvalue weighted by atomic mass is 10.2. The van der Waals surface area contributed by atoms with Gasteiger partial charge in [-0.3, -0.25) is 0 Å². The molecule has 0 unspecified atom stereocenters. The third kappa shape index (κ3) is 4.36. The molecule has 0 aliphatic carbocycles. The van der Waals surface area contributed by atoms with Crippen LogP contribution in [0, 0.1) is 0 Å². The Balaban J connectivity index is 1.96. The lowest BCUT2D eigenvalue weighted by Crippen LogP contribution is -2.50. The summed E-state index contributed by atoms with van der Waals surface area (Å²) in [6.07, 6.45) is -0.232. The normalized spacial score (nSPS) is 15.9. The van der Waals surface area contributed by atoms with Gasteiger partial charge >= 0.3 is 6.09 Å². The number of amides is 1. The molecule has 1 aromatic carbocycles. The molecule has 22 heavy (non-hydrogen) atoms.